The van der Waals surface area contributed by atoms with Gasteiger partial charge in [-0.15, -0.1) is 0 Å². The maximum Gasteiger partial charge on any atom is 0.342 e. The van der Waals surface area contributed by atoms with Gasteiger partial charge >= 0.3 is 5.97 Å². The van der Waals surface area contributed by atoms with Crippen molar-refractivity contribution in [1.29, 1.82) is 0 Å². The molecule has 0 aromatic carbocycles. The molecule has 2 N–H and O–H groups in total. The Morgan fingerprint density at radius 2 is 2.09 bits per heavy atom. The number of rotatable bonds is 4. The van der Waals surface area contributed by atoms with Gasteiger partial charge in [-0.05, 0) is 13.0 Å². The first kappa shape index (κ1) is 16.7. The Hall–Kier alpha value is -1.68. The van der Waals surface area contributed by atoms with Gasteiger partial charge in [-0.1, -0.05) is 23.2 Å². The third-order valence-electron chi connectivity index (χ3n) is 2.48. The number of primary sulfonamides is 1. The molecule has 0 saturated carbocycles. The normalized spacial score (nSPS) is 11.5. The van der Waals surface area contributed by atoms with E-state index < -0.39 is 21.0 Å². The number of aromatic nitrogens is 3. The van der Waals surface area contributed by atoms with Gasteiger partial charge in [0.05, 0.1) is 22.8 Å². The smallest absolute Gasteiger partial charge is 0.342 e. The Morgan fingerprint density at radius 1 is 1.41 bits per heavy atom. The molecule has 0 bridgehead atoms. The molecular formula is C11H10Cl2N4O4S. The van der Waals surface area contributed by atoms with Crippen molar-refractivity contribution < 1.29 is 17.9 Å². The van der Waals surface area contributed by atoms with Crippen LogP contribution in [0.2, 0.25) is 10.0 Å². The van der Waals surface area contributed by atoms with E-state index in [9.17, 15) is 13.2 Å². The lowest BCUT2D eigenvalue weighted by molar-refractivity contribution is 0.0521. The van der Waals surface area contributed by atoms with E-state index in [1.54, 1.807) is 6.92 Å². The van der Waals surface area contributed by atoms with E-state index in [0.29, 0.717) is 0 Å². The summed E-state index contributed by atoms with van der Waals surface area (Å²) in [7, 11) is -4.29. The van der Waals surface area contributed by atoms with Gasteiger partial charge in [0.25, 0.3) is 10.0 Å². The quantitative estimate of drug-likeness (QED) is 0.819. The van der Waals surface area contributed by atoms with Gasteiger partial charge in [0.1, 0.15) is 5.56 Å². The van der Waals surface area contributed by atoms with Crippen LogP contribution in [-0.2, 0) is 14.8 Å². The summed E-state index contributed by atoms with van der Waals surface area (Å²) in [4.78, 5) is 15.7. The zero-order chi connectivity index (χ0) is 16.5. The number of nitrogens with two attached hydrogens (primary N) is 1. The summed E-state index contributed by atoms with van der Waals surface area (Å²) >= 11 is 11.7. The van der Waals surface area contributed by atoms with E-state index in [2.05, 4.69) is 10.1 Å². The maximum absolute atomic E-state index is 11.8. The van der Waals surface area contributed by atoms with Crippen LogP contribution >= 0.6 is 23.2 Å². The molecule has 0 aliphatic carbocycles. The number of pyridine rings is 1. The number of hydrogen-bond donors (Lipinski definition) is 1. The lowest BCUT2D eigenvalue weighted by atomic mass is 10.4. The SMILES string of the molecule is CCOC(=O)c1cnn(-c2ncc(Cl)cc2Cl)c1S(N)(=O)=O. The van der Waals surface area contributed by atoms with E-state index in [-0.39, 0.29) is 28.0 Å². The number of carbonyl (C=O) groups is 1. The zero-order valence-corrected chi connectivity index (χ0v) is 13.5. The summed E-state index contributed by atoms with van der Waals surface area (Å²) in [5.41, 5.74) is -0.308. The van der Waals surface area contributed by atoms with Crippen molar-refractivity contribution in [3.8, 4) is 5.82 Å². The minimum Gasteiger partial charge on any atom is -0.462 e. The van der Waals surface area contributed by atoms with Crippen LogP contribution in [0, 0.1) is 0 Å². The summed E-state index contributed by atoms with van der Waals surface area (Å²) in [6, 6.07) is 1.35. The Balaban J connectivity index is 2.70. The van der Waals surface area contributed by atoms with Crippen LogP contribution in [0.25, 0.3) is 5.82 Å². The van der Waals surface area contributed by atoms with Gasteiger partial charge in [0, 0.05) is 6.20 Å². The van der Waals surface area contributed by atoms with E-state index in [4.69, 9.17) is 33.1 Å². The van der Waals surface area contributed by atoms with Gasteiger partial charge < -0.3 is 4.74 Å². The fourth-order valence-corrected chi connectivity index (χ4v) is 2.95. The molecule has 0 amide bonds. The Kier molecular flexibility index (Phi) is 4.71. The number of esters is 1. The second-order valence-corrected chi connectivity index (χ2v) is 6.32. The average molecular weight is 365 g/mol. The fraction of sp³-hybridized carbons (Fsp3) is 0.182. The third-order valence-corrected chi connectivity index (χ3v) is 3.90. The predicted octanol–water partition coefficient (Wildman–Crippen LogP) is 1.40. The first-order chi connectivity index (χ1) is 10.3. The molecule has 2 heterocycles. The number of carbonyl (C=O) groups excluding carboxylic acids is 1. The minimum atomic E-state index is -4.29. The number of hydrogen-bond acceptors (Lipinski definition) is 6. The van der Waals surface area contributed by atoms with E-state index in [1.165, 1.54) is 12.3 Å². The second-order valence-electron chi connectivity index (χ2n) is 4.00. The van der Waals surface area contributed by atoms with Crippen molar-refractivity contribution in [3.63, 3.8) is 0 Å². The fourth-order valence-electron chi connectivity index (χ4n) is 1.67. The molecule has 0 aliphatic heterocycles. The van der Waals surface area contributed by atoms with Gasteiger partial charge in [-0.2, -0.15) is 9.78 Å². The summed E-state index contributed by atoms with van der Waals surface area (Å²) in [5.74, 6) is -0.909. The Bertz CT molecular complexity index is 835. The van der Waals surface area contributed by atoms with Crippen molar-refractivity contribution in [2.24, 2.45) is 5.14 Å². The molecule has 8 nitrogen and oxygen atoms in total. The topological polar surface area (TPSA) is 117 Å². The number of halogens is 2. The molecule has 118 valence electrons. The highest BCUT2D eigenvalue weighted by molar-refractivity contribution is 7.89. The van der Waals surface area contributed by atoms with E-state index in [1.807, 2.05) is 0 Å². The van der Waals surface area contributed by atoms with Crippen molar-refractivity contribution in [2.45, 2.75) is 11.9 Å². The number of nitrogens with zero attached hydrogens (tertiary/aromatic N) is 3. The highest BCUT2D eigenvalue weighted by atomic mass is 35.5. The molecule has 0 aliphatic rings. The Labute approximate surface area is 135 Å². The summed E-state index contributed by atoms with van der Waals surface area (Å²) < 4.78 is 29.2. The Morgan fingerprint density at radius 3 is 2.64 bits per heavy atom. The summed E-state index contributed by atoms with van der Waals surface area (Å²) in [6.45, 7) is 1.64. The van der Waals surface area contributed by atoms with Gasteiger partial charge in [0.2, 0.25) is 0 Å². The molecule has 22 heavy (non-hydrogen) atoms. The molecule has 0 saturated heterocycles. The van der Waals surface area contributed by atoms with Gasteiger partial charge in [-0.25, -0.2) is 23.3 Å². The minimum absolute atomic E-state index is 0.0364. The molecule has 0 unspecified atom stereocenters. The van der Waals surface area contributed by atoms with Gasteiger partial charge in [-0.3, -0.25) is 0 Å². The molecule has 2 rings (SSSR count). The number of ether oxygens (including phenoxy) is 1. The van der Waals surface area contributed by atoms with Crippen LogP contribution in [0.5, 0.6) is 0 Å². The van der Waals surface area contributed by atoms with Gasteiger partial charge in [0.15, 0.2) is 10.8 Å². The standard InChI is InChI=1S/C11H10Cl2N4O4S/c1-2-21-11(18)7-5-16-17(10(7)22(14,19)20)9-8(13)3-6(12)4-15-9/h3-5H,2H2,1H3,(H2,14,19,20). The van der Waals surface area contributed by atoms with Crippen LogP contribution in [0.15, 0.2) is 23.5 Å². The molecule has 2 aromatic rings. The summed E-state index contributed by atoms with van der Waals surface area (Å²) in [5, 5.41) is 8.70. The van der Waals surface area contributed by atoms with Crippen molar-refractivity contribution in [3.05, 3.63) is 34.1 Å². The second kappa shape index (κ2) is 6.21. The van der Waals surface area contributed by atoms with Crippen LogP contribution in [0.4, 0.5) is 0 Å². The maximum atomic E-state index is 11.8. The lowest BCUT2D eigenvalue weighted by Gasteiger charge is -2.08. The van der Waals surface area contributed by atoms with Crippen LogP contribution in [-0.4, -0.2) is 35.8 Å². The molecule has 0 atom stereocenters. The average Bonchev–Trinajstić information content (AvgIpc) is 2.83. The van der Waals surface area contributed by atoms with Crippen molar-refractivity contribution in [1.82, 2.24) is 14.8 Å². The molecule has 0 spiro atoms. The molecule has 0 fully saturated rings. The van der Waals surface area contributed by atoms with E-state index in [0.717, 1.165) is 10.9 Å². The monoisotopic (exact) mass is 364 g/mol. The van der Waals surface area contributed by atoms with Crippen LogP contribution < -0.4 is 5.14 Å². The number of sulfonamides is 1. The molecular weight excluding hydrogens is 355 g/mol. The molecule has 2 aromatic heterocycles. The zero-order valence-electron chi connectivity index (χ0n) is 11.2. The van der Waals surface area contributed by atoms with Crippen molar-refractivity contribution in [2.75, 3.05) is 6.61 Å². The lowest BCUT2D eigenvalue weighted by Crippen LogP contribution is -2.21. The third kappa shape index (κ3) is 3.22. The highest BCUT2D eigenvalue weighted by Crippen LogP contribution is 2.25. The first-order valence-corrected chi connectivity index (χ1v) is 8.15. The highest BCUT2D eigenvalue weighted by Gasteiger charge is 2.28. The molecule has 0 radical (unpaired) electrons. The van der Waals surface area contributed by atoms with E-state index >= 15 is 0 Å². The predicted molar refractivity (Wildman–Crippen MR) is 78.7 cm³/mol. The van der Waals surface area contributed by atoms with Crippen LogP contribution in [0.1, 0.15) is 17.3 Å². The van der Waals surface area contributed by atoms with Crippen LogP contribution in [0.3, 0.4) is 0 Å². The largest absolute Gasteiger partial charge is 0.462 e. The summed E-state index contributed by atoms with van der Waals surface area (Å²) in [6.07, 6.45) is 2.27. The van der Waals surface area contributed by atoms with Crippen molar-refractivity contribution >= 4 is 39.2 Å². The molecule has 11 heteroatoms. The first-order valence-electron chi connectivity index (χ1n) is 5.85.